The number of benzene rings is 1. The van der Waals surface area contributed by atoms with Crippen LogP contribution in [0, 0.1) is 5.41 Å². The Morgan fingerprint density at radius 2 is 1.86 bits per heavy atom. The lowest BCUT2D eigenvalue weighted by atomic mass is 9.82. The smallest absolute Gasteiger partial charge is 0.255 e. The molecule has 0 bridgehead atoms. The van der Waals surface area contributed by atoms with Crippen LogP contribution in [-0.4, -0.2) is 32.3 Å². The lowest BCUT2D eigenvalue weighted by Gasteiger charge is -2.37. The van der Waals surface area contributed by atoms with E-state index in [1.807, 2.05) is 0 Å². The molecule has 116 valence electrons. The number of primary sulfonamides is 1. The zero-order chi connectivity index (χ0) is 15.8. The summed E-state index contributed by atoms with van der Waals surface area (Å²) in [5, 5.41) is 5.12. The standard InChI is InChI=1S/C14H19BrN2O3S/c1-14(2)5-7-17(8-6-14)13(18)11-9-10(21(16,19)20)3-4-12(11)15/h3-4,9H,5-8H2,1-2H3,(H2,16,19,20). The maximum Gasteiger partial charge on any atom is 0.255 e. The summed E-state index contributed by atoms with van der Waals surface area (Å²) < 4.78 is 23.4. The topological polar surface area (TPSA) is 80.5 Å². The number of sulfonamides is 1. The number of hydrogen-bond acceptors (Lipinski definition) is 3. The number of halogens is 1. The zero-order valence-corrected chi connectivity index (χ0v) is 14.5. The first kappa shape index (κ1) is 16.5. The van der Waals surface area contributed by atoms with Crippen LogP contribution in [0.5, 0.6) is 0 Å². The molecule has 1 amide bonds. The quantitative estimate of drug-likeness (QED) is 0.862. The molecule has 1 aliphatic rings. The number of amides is 1. The minimum Gasteiger partial charge on any atom is -0.339 e. The fourth-order valence-corrected chi connectivity index (χ4v) is 3.29. The van der Waals surface area contributed by atoms with E-state index in [1.54, 1.807) is 11.0 Å². The van der Waals surface area contributed by atoms with E-state index in [2.05, 4.69) is 29.8 Å². The normalized spacial score (nSPS) is 18.6. The fraction of sp³-hybridized carbons (Fsp3) is 0.500. The van der Waals surface area contributed by atoms with E-state index in [0.29, 0.717) is 23.1 Å². The molecule has 0 atom stereocenters. The average Bonchev–Trinajstić information content (AvgIpc) is 2.37. The van der Waals surface area contributed by atoms with Crippen molar-refractivity contribution in [2.75, 3.05) is 13.1 Å². The lowest BCUT2D eigenvalue weighted by molar-refractivity contribution is 0.0629. The van der Waals surface area contributed by atoms with Crippen molar-refractivity contribution >= 4 is 31.9 Å². The predicted molar refractivity (Wildman–Crippen MR) is 84.4 cm³/mol. The molecule has 0 aliphatic carbocycles. The van der Waals surface area contributed by atoms with E-state index in [1.165, 1.54) is 12.1 Å². The van der Waals surface area contributed by atoms with Gasteiger partial charge in [0.1, 0.15) is 0 Å². The van der Waals surface area contributed by atoms with Crippen molar-refractivity contribution in [3.05, 3.63) is 28.2 Å². The van der Waals surface area contributed by atoms with Gasteiger partial charge in [-0.25, -0.2) is 13.6 Å². The van der Waals surface area contributed by atoms with E-state index in [0.717, 1.165) is 12.8 Å². The largest absolute Gasteiger partial charge is 0.339 e. The van der Waals surface area contributed by atoms with Crippen molar-refractivity contribution in [2.24, 2.45) is 10.6 Å². The summed E-state index contributed by atoms with van der Waals surface area (Å²) in [6.45, 7) is 5.73. The predicted octanol–water partition coefficient (Wildman–Crippen LogP) is 2.36. The van der Waals surface area contributed by atoms with Crippen LogP contribution in [0.1, 0.15) is 37.0 Å². The summed E-state index contributed by atoms with van der Waals surface area (Å²) in [6, 6.07) is 4.26. The van der Waals surface area contributed by atoms with Crippen LogP contribution in [0.3, 0.4) is 0 Å². The van der Waals surface area contributed by atoms with Gasteiger partial charge in [-0.3, -0.25) is 4.79 Å². The molecule has 2 N–H and O–H groups in total. The Morgan fingerprint density at radius 3 is 2.38 bits per heavy atom. The molecule has 0 unspecified atom stereocenters. The number of carbonyl (C=O) groups is 1. The minimum atomic E-state index is -3.82. The summed E-state index contributed by atoms with van der Waals surface area (Å²) in [5.74, 6) is -0.164. The van der Waals surface area contributed by atoms with Gasteiger partial charge in [0.15, 0.2) is 0 Å². The van der Waals surface area contributed by atoms with Crippen LogP contribution in [-0.2, 0) is 10.0 Å². The molecule has 1 fully saturated rings. The third kappa shape index (κ3) is 3.84. The summed E-state index contributed by atoms with van der Waals surface area (Å²) in [5.41, 5.74) is 0.581. The van der Waals surface area contributed by atoms with E-state index in [9.17, 15) is 13.2 Å². The van der Waals surface area contributed by atoms with Gasteiger partial charge in [-0.15, -0.1) is 0 Å². The Hall–Kier alpha value is -0.920. The molecule has 5 nitrogen and oxygen atoms in total. The van der Waals surface area contributed by atoms with Gasteiger partial charge in [-0.2, -0.15) is 0 Å². The first-order chi connectivity index (χ1) is 9.60. The van der Waals surface area contributed by atoms with Gasteiger partial charge in [0.05, 0.1) is 10.5 Å². The highest BCUT2D eigenvalue weighted by molar-refractivity contribution is 9.10. The molecule has 0 aromatic heterocycles. The maximum atomic E-state index is 12.6. The van der Waals surface area contributed by atoms with Crippen LogP contribution < -0.4 is 5.14 Å². The summed E-state index contributed by atoms with van der Waals surface area (Å²) in [4.78, 5) is 14.3. The first-order valence-corrected chi connectivity index (χ1v) is 9.06. The second kappa shape index (κ2) is 5.70. The summed E-state index contributed by atoms with van der Waals surface area (Å²) in [6.07, 6.45) is 1.87. The van der Waals surface area contributed by atoms with Crippen LogP contribution in [0.15, 0.2) is 27.6 Å². The molecule has 0 saturated carbocycles. The van der Waals surface area contributed by atoms with Crippen molar-refractivity contribution in [1.82, 2.24) is 4.90 Å². The Balaban J connectivity index is 2.28. The highest BCUT2D eigenvalue weighted by atomic mass is 79.9. The van der Waals surface area contributed by atoms with Crippen molar-refractivity contribution in [3.63, 3.8) is 0 Å². The Labute approximate surface area is 133 Å². The van der Waals surface area contributed by atoms with Crippen molar-refractivity contribution in [2.45, 2.75) is 31.6 Å². The monoisotopic (exact) mass is 374 g/mol. The van der Waals surface area contributed by atoms with E-state index >= 15 is 0 Å². The minimum absolute atomic E-state index is 0.0496. The molecule has 2 rings (SSSR count). The van der Waals surface area contributed by atoms with Gasteiger partial charge < -0.3 is 4.90 Å². The molecule has 1 aromatic rings. The van der Waals surface area contributed by atoms with Crippen LogP contribution >= 0.6 is 15.9 Å². The Morgan fingerprint density at radius 1 is 1.29 bits per heavy atom. The number of nitrogens with zero attached hydrogens (tertiary/aromatic N) is 1. The van der Waals surface area contributed by atoms with Crippen molar-refractivity contribution < 1.29 is 13.2 Å². The molecule has 0 radical (unpaired) electrons. The van der Waals surface area contributed by atoms with Gasteiger partial charge in [0, 0.05) is 17.6 Å². The SMILES string of the molecule is CC1(C)CCN(C(=O)c2cc(S(N)(=O)=O)ccc2Br)CC1. The molecule has 7 heteroatoms. The molecular formula is C14H19BrN2O3S. The zero-order valence-electron chi connectivity index (χ0n) is 12.1. The number of hydrogen-bond donors (Lipinski definition) is 1. The molecule has 1 heterocycles. The third-order valence-electron chi connectivity index (χ3n) is 3.90. The van der Waals surface area contributed by atoms with E-state index < -0.39 is 10.0 Å². The molecule has 1 aliphatic heterocycles. The molecular weight excluding hydrogens is 356 g/mol. The Bertz CT molecular complexity index is 661. The number of rotatable bonds is 2. The second-order valence-electron chi connectivity index (χ2n) is 6.14. The average molecular weight is 375 g/mol. The number of piperidine rings is 1. The number of likely N-dealkylation sites (tertiary alicyclic amines) is 1. The van der Waals surface area contributed by atoms with Crippen LogP contribution in [0.2, 0.25) is 0 Å². The number of nitrogens with two attached hydrogens (primary N) is 1. The maximum absolute atomic E-state index is 12.6. The number of carbonyl (C=O) groups excluding carboxylic acids is 1. The molecule has 0 spiro atoms. The van der Waals surface area contributed by atoms with E-state index in [4.69, 9.17) is 5.14 Å². The fourth-order valence-electron chi connectivity index (χ4n) is 2.33. The lowest BCUT2D eigenvalue weighted by Crippen LogP contribution is -2.41. The van der Waals surface area contributed by atoms with E-state index in [-0.39, 0.29) is 16.2 Å². The van der Waals surface area contributed by atoms with Gasteiger partial charge in [-0.05, 0) is 52.4 Å². The summed E-state index contributed by atoms with van der Waals surface area (Å²) >= 11 is 3.30. The van der Waals surface area contributed by atoms with Crippen LogP contribution in [0.25, 0.3) is 0 Å². The van der Waals surface area contributed by atoms with Crippen molar-refractivity contribution in [3.8, 4) is 0 Å². The summed E-state index contributed by atoms with van der Waals surface area (Å²) in [7, 11) is -3.82. The molecule has 21 heavy (non-hydrogen) atoms. The van der Waals surface area contributed by atoms with Gasteiger partial charge in [-0.1, -0.05) is 13.8 Å². The molecule has 1 saturated heterocycles. The highest BCUT2D eigenvalue weighted by Gasteiger charge is 2.29. The molecule has 1 aromatic carbocycles. The van der Waals surface area contributed by atoms with Gasteiger partial charge >= 0.3 is 0 Å². The first-order valence-electron chi connectivity index (χ1n) is 6.72. The highest BCUT2D eigenvalue weighted by Crippen LogP contribution is 2.31. The van der Waals surface area contributed by atoms with Crippen molar-refractivity contribution in [1.29, 1.82) is 0 Å². The Kier molecular flexibility index (Phi) is 4.46. The van der Waals surface area contributed by atoms with Gasteiger partial charge in [0.2, 0.25) is 10.0 Å². The van der Waals surface area contributed by atoms with Crippen LogP contribution in [0.4, 0.5) is 0 Å². The third-order valence-corrected chi connectivity index (χ3v) is 5.50. The second-order valence-corrected chi connectivity index (χ2v) is 8.56. The van der Waals surface area contributed by atoms with Gasteiger partial charge in [0.25, 0.3) is 5.91 Å².